The SMILES string of the molecule is CC(=O)OC12C3C4C3C1C42. The summed E-state index contributed by atoms with van der Waals surface area (Å²) in [6.45, 7) is 1.53. The summed E-state index contributed by atoms with van der Waals surface area (Å²) in [7, 11) is 0. The third-order valence-corrected chi connectivity index (χ3v) is 4.12. The molecule has 0 radical (unpaired) electrons. The smallest absolute Gasteiger partial charge is 0.303 e. The van der Waals surface area contributed by atoms with Crippen LogP contribution in [0.1, 0.15) is 6.92 Å². The molecule has 0 aromatic heterocycles. The molecule has 5 fully saturated rings. The lowest BCUT2D eigenvalue weighted by atomic mass is 9.95. The first-order chi connectivity index (χ1) is 4.78. The molecule has 0 aromatic rings. The molecule has 0 spiro atoms. The van der Waals surface area contributed by atoms with Gasteiger partial charge in [0.1, 0.15) is 5.60 Å². The van der Waals surface area contributed by atoms with Gasteiger partial charge in [-0.2, -0.15) is 0 Å². The van der Waals surface area contributed by atoms with E-state index in [0.29, 0.717) is 0 Å². The number of carbonyl (C=O) groups excluding carboxylic acids is 1. The number of hydrogen-bond acceptors (Lipinski definition) is 2. The Hall–Kier alpha value is -0.530. The highest BCUT2D eigenvalue weighted by atomic mass is 16.6. The summed E-state index contributed by atoms with van der Waals surface area (Å²) in [6.07, 6.45) is 0. The zero-order valence-electron chi connectivity index (χ0n) is 5.70. The molecule has 0 heterocycles. The highest BCUT2D eigenvalue weighted by Crippen LogP contribution is 3.03. The number of ether oxygens (including phenoxy) is 1. The van der Waals surface area contributed by atoms with Gasteiger partial charge in [0, 0.05) is 24.7 Å². The van der Waals surface area contributed by atoms with Gasteiger partial charge in [-0.3, -0.25) is 4.79 Å². The van der Waals surface area contributed by atoms with Crippen LogP contribution in [0.2, 0.25) is 0 Å². The Labute approximate surface area is 58.5 Å². The highest BCUT2D eigenvalue weighted by Gasteiger charge is 3.08. The second kappa shape index (κ2) is 0.789. The minimum absolute atomic E-state index is 0.0729. The van der Waals surface area contributed by atoms with Crippen molar-refractivity contribution in [2.75, 3.05) is 0 Å². The fourth-order valence-corrected chi connectivity index (χ4v) is 3.92. The third-order valence-electron chi connectivity index (χ3n) is 4.12. The van der Waals surface area contributed by atoms with Gasteiger partial charge >= 0.3 is 5.97 Å². The Kier molecular flexibility index (Phi) is 0.345. The van der Waals surface area contributed by atoms with E-state index < -0.39 is 0 Å². The standard InChI is InChI=1S/C8H8O2/c1-2(9)10-8-5-3-4(5)7(8)6(3)8/h3-7H,1H3. The monoisotopic (exact) mass is 136 g/mol. The van der Waals surface area contributed by atoms with Gasteiger partial charge in [0.25, 0.3) is 0 Å². The van der Waals surface area contributed by atoms with Crippen molar-refractivity contribution in [3.8, 4) is 0 Å². The average Bonchev–Trinajstić information content (AvgIpc) is 2.27. The second-order valence-electron chi connectivity index (χ2n) is 4.18. The molecule has 5 aliphatic rings. The fraction of sp³-hybridized carbons (Fsp3) is 0.875. The lowest BCUT2D eigenvalue weighted by molar-refractivity contribution is -0.157. The average molecular weight is 136 g/mol. The van der Waals surface area contributed by atoms with Crippen molar-refractivity contribution in [1.82, 2.24) is 0 Å². The molecular formula is C8H8O2. The van der Waals surface area contributed by atoms with Crippen LogP contribution in [-0.4, -0.2) is 11.6 Å². The van der Waals surface area contributed by atoms with Gasteiger partial charge < -0.3 is 4.74 Å². The van der Waals surface area contributed by atoms with Gasteiger partial charge in [-0.1, -0.05) is 0 Å². The van der Waals surface area contributed by atoms with E-state index in [1.165, 1.54) is 6.92 Å². The summed E-state index contributed by atoms with van der Waals surface area (Å²) in [5.74, 6) is 4.48. The minimum atomic E-state index is -0.0729. The van der Waals surface area contributed by atoms with Crippen molar-refractivity contribution in [2.24, 2.45) is 29.6 Å². The molecule has 4 atom stereocenters. The maximum atomic E-state index is 10.6. The van der Waals surface area contributed by atoms with Gasteiger partial charge in [-0.05, 0) is 11.8 Å². The molecule has 10 heavy (non-hydrogen) atoms. The van der Waals surface area contributed by atoms with E-state index in [0.717, 1.165) is 29.6 Å². The molecule has 5 saturated carbocycles. The number of carbonyl (C=O) groups is 1. The maximum Gasteiger partial charge on any atom is 0.303 e. The van der Waals surface area contributed by atoms with Gasteiger partial charge in [0.15, 0.2) is 0 Å². The lowest BCUT2D eigenvalue weighted by Crippen LogP contribution is -2.34. The Balaban J connectivity index is 1.68. The molecule has 2 heteroatoms. The van der Waals surface area contributed by atoms with Crippen molar-refractivity contribution in [2.45, 2.75) is 12.5 Å². The van der Waals surface area contributed by atoms with Gasteiger partial charge in [-0.15, -0.1) is 0 Å². The number of esters is 1. The second-order valence-corrected chi connectivity index (χ2v) is 4.18. The van der Waals surface area contributed by atoms with E-state index in [-0.39, 0.29) is 11.6 Å². The van der Waals surface area contributed by atoms with Crippen LogP contribution in [0.3, 0.4) is 0 Å². The molecule has 0 N–H and O–H groups in total. The third kappa shape index (κ3) is 0.173. The summed E-state index contributed by atoms with van der Waals surface area (Å²) >= 11 is 0. The van der Waals surface area contributed by atoms with Crippen molar-refractivity contribution in [3.05, 3.63) is 0 Å². The first-order valence-corrected chi connectivity index (χ1v) is 3.98. The van der Waals surface area contributed by atoms with Crippen LogP contribution in [0.5, 0.6) is 0 Å². The van der Waals surface area contributed by atoms with E-state index in [1.807, 2.05) is 0 Å². The predicted molar refractivity (Wildman–Crippen MR) is 31.9 cm³/mol. The number of hydrogen-bond donors (Lipinski definition) is 0. The quantitative estimate of drug-likeness (QED) is 0.488. The van der Waals surface area contributed by atoms with Crippen LogP contribution in [0.15, 0.2) is 0 Å². The topological polar surface area (TPSA) is 26.3 Å². The molecule has 0 amide bonds. The molecule has 5 aliphatic carbocycles. The Morgan fingerprint density at radius 1 is 1.30 bits per heavy atom. The van der Waals surface area contributed by atoms with Crippen molar-refractivity contribution < 1.29 is 9.53 Å². The Morgan fingerprint density at radius 3 is 2.30 bits per heavy atom. The summed E-state index contributed by atoms with van der Waals surface area (Å²) in [5, 5.41) is 0. The molecule has 5 rings (SSSR count). The molecule has 2 nitrogen and oxygen atoms in total. The first-order valence-electron chi connectivity index (χ1n) is 3.98. The zero-order chi connectivity index (χ0) is 6.67. The summed E-state index contributed by atoms with van der Waals surface area (Å²) in [5.41, 5.74) is 0.154. The van der Waals surface area contributed by atoms with E-state index >= 15 is 0 Å². The number of rotatable bonds is 1. The van der Waals surface area contributed by atoms with Crippen LogP contribution in [0, 0.1) is 29.6 Å². The van der Waals surface area contributed by atoms with Crippen molar-refractivity contribution >= 4 is 5.97 Å². The van der Waals surface area contributed by atoms with Crippen LogP contribution in [0.25, 0.3) is 0 Å². The normalized spacial score (nSPS) is 76.3. The van der Waals surface area contributed by atoms with E-state index in [2.05, 4.69) is 0 Å². The lowest BCUT2D eigenvalue weighted by Gasteiger charge is -2.26. The fourth-order valence-electron chi connectivity index (χ4n) is 3.92. The van der Waals surface area contributed by atoms with Crippen LogP contribution in [-0.2, 0) is 9.53 Å². The first kappa shape index (κ1) is 4.37. The predicted octanol–water partition coefficient (Wildman–Crippen LogP) is 0.424. The molecule has 0 aromatic carbocycles. The summed E-state index contributed by atoms with van der Waals surface area (Å²) in [6, 6.07) is 0. The molecule has 0 aliphatic heterocycles. The van der Waals surface area contributed by atoms with E-state index in [9.17, 15) is 4.79 Å². The van der Waals surface area contributed by atoms with Gasteiger partial charge in [0.2, 0.25) is 0 Å². The maximum absolute atomic E-state index is 10.6. The largest absolute Gasteiger partial charge is 0.458 e. The minimum Gasteiger partial charge on any atom is -0.458 e. The van der Waals surface area contributed by atoms with E-state index in [4.69, 9.17) is 4.74 Å². The zero-order valence-corrected chi connectivity index (χ0v) is 5.70. The Bertz CT molecular complexity index is 241. The van der Waals surface area contributed by atoms with Gasteiger partial charge in [-0.25, -0.2) is 0 Å². The molecule has 0 bridgehead atoms. The van der Waals surface area contributed by atoms with Crippen LogP contribution >= 0.6 is 0 Å². The van der Waals surface area contributed by atoms with Crippen LogP contribution < -0.4 is 0 Å². The molecular weight excluding hydrogens is 128 g/mol. The summed E-state index contributed by atoms with van der Waals surface area (Å²) < 4.78 is 5.29. The summed E-state index contributed by atoms with van der Waals surface area (Å²) in [4.78, 5) is 10.6. The molecule has 4 unspecified atom stereocenters. The van der Waals surface area contributed by atoms with Crippen molar-refractivity contribution in [3.63, 3.8) is 0 Å². The van der Waals surface area contributed by atoms with E-state index in [1.54, 1.807) is 0 Å². The molecule has 52 valence electrons. The highest BCUT2D eigenvalue weighted by molar-refractivity contribution is 5.70. The van der Waals surface area contributed by atoms with Crippen LogP contribution in [0.4, 0.5) is 0 Å². The Morgan fingerprint density at radius 2 is 1.90 bits per heavy atom. The van der Waals surface area contributed by atoms with Crippen molar-refractivity contribution in [1.29, 1.82) is 0 Å². The van der Waals surface area contributed by atoms with Gasteiger partial charge in [0.05, 0.1) is 0 Å². The molecule has 0 saturated heterocycles.